The Labute approximate surface area is 89.9 Å². The standard InChI is InChI=1S/C13H14O2/c1-11-4-6-12(7-5-11)8-9-13(15)3-2-10-14/h4-7,14H,2-3,10H2,1H3. The molecule has 0 fully saturated rings. The van der Waals surface area contributed by atoms with E-state index >= 15 is 0 Å². The molecule has 2 nitrogen and oxygen atoms in total. The molecule has 78 valence electrons. The van der Waals surface area contributed by atoms with Gasteiger partial charge in [0.25, 0.3) is 0 Å². The molecular formula is C13H14O2. The Bertz CT molecular complexity index is 379. The van der Waals surface area contributed by atoms with Crippen molar-refractivity contribution in [1.29, 1.82) is 0 Å². The second kappa shape index (κ2) is 6.00. The average Bonchev–Trinajstić information content (AvgIpc) is 2.25. The van der Waals surface area contributed by atoms with Crippen LogP contribution < -0.4 is 0 Å². The summed E-state index contributed by atoms with van der Waals surface area (Å²) in [5, 5.41) is 8.53. The molecule has 1 N–H and O–H groups in total. The van der Waals surface area contributed by atoms with Gasteiger partial charge in [0, 0.05) is 18.6 Å². The van der Waals surface area contributed by atoms with Crippen LogP contribution >= 0.6 is 0 Å². The maximum absolute atomic E-state index is 11.2. The van der Waals surface area contributed by atoms with Gasteiger partial charge in [0.15, 0.2) is 0 Å². The summed E-state index contributed by atoms with van der Waals surface area (Å²) in [7, 11) is 0. The molecule has 0 aliphatic heterocycles. The summed E-state index contributed by atoms with van der Waals surface area (Å²) < 4.78 is 0. The van der Waals surface area contributed by atoms with Crippen LogP contribution in [-0.2, 0) is 4.79 Å². The Morgan fingerprint density at radius 2 is 2.00 bits per heavy atom. The molecule has 0 unspecified atom stereocenters. The molecule has 2 heteroatoms. The van der Waals surface area contributed by atoms with Crippen LogP contribution in [0, 0.1) is 18.8 Å². The molecule has 1 aromatic carbocycles. The molecule has 0 atom stereocenters. The first-order chi connectivity index (χ1) is 7.22. The summed E-state index contributed by atoms with van der Waals surface area (Å²) in [4.78, 5) is 11.2. The van der Waals surface area contributed by atoms with Crippen LogP contribution in [-0.4, -0.2) is 17.5 Å². The molecule has 0 spiro atoms. The summed E-state index contributed by atoms with van der Waals surface area (Å²) >= 11 is 0. The molecule has 0 saturated carbocycles. The van der Waals surface area contributed by atoms with Crippen molar-refractivity contribution in [2.24, 2.45) is 0 Å². The molecule has 0 bridgehead atoms. The van der Waals surface area contributed by atoms with E-state index < -0.39 is 0 Å². The van der Waals surface area contributed by atoms with E-state index in [0.717, 1.165) is 5.56 Å². The van der Waals surface area contributed by atoms with Gasteiger partial charge < -0.3 is 5.11 Å². The average molecular weight is 202 g/mol. The largest absolute Gasteiger partial charge is 0.396 e. The van der Waals surface area contributed by atoms with Gasteiger partial charge in [-0.2, -0.15) is 0 Å². The first-order valence-corrected chi connectivity index (χ1v) is 4.95. The molecule has 0 aliphatic carbocycles. The van der Waals surface area contributed by atoms with E-state index in [1.54, 1.807) is 0 Å². The maximum Gasteiger partial charge on any atom is 0.205 e. The molecule has 0 aromatic heterocycles. The molecule has 0 saturated heterocycles. The number of Topliss-reactive ketones (excluding diaryl/α,β-unsaturated/α-hetero) is 1. The lowest BCUT2D eigenvalue weighted by molar-refractivity contribution is -0.114. The highest BCUT2D eigenvalue weighted by Gasteiger charge is 1.94. The van der Waals surface area contributed by atoms with E-state index in [2.05, 4.69) is 11.8 Å². The van der Waals surface area contributed by atoms with Crippen LogP contribution in [0.2, 0.25) is 0 Å². The number of carbonyl (C=O) groups excluding carboxylic acids is 1. The van der Waals surface area contributed by atoms with Gasteiger partial charge >= 0.3 is 0 Å². The van der Waals surface area contributed by atoms with Crippen LogP contribution in [0.1, 0.15) is 24.0 Å². The van der Waals surface area contributed by atoms with Crippen LogP contribution in [0.3, 0.4) is 0 Å². The third kappa shape index (κ3) is 4.44. The number of aliphatic hydroxyl groups is 1. The Hall–Kier alpha value is -1.59. The number of aryl methyl sites for hydroxylation is 1. The molecule has 1 rings (SSSR count). The lowest BCUT2D eigenvalue weighted by Crippen LogP contribution is -1.95. The van der Waals surface area contributed by atoms with E-state index in [4.69, 9.17) is 5.11 Å². The van der Waals surface area contributed by atoms with Gasteiger partial charge in [-0.05, 0) is 31.4 Å². The lowest BCUT2D eigenvalue weighted by Gasteiger charge is -1.91. The fourth-order valence-corrected chi connectivity index (χ4v) is 1.08. The number of hydrogen-bond acceptors (Lipinski definition) is 2. The predicted molar refractivity (Wildman–Crippen MR) is 59.4 cm³/mol. The molecular weight excluding hydrogens is 188 g/mol. The first kappa shape index (κ1) is 11.5. The van der Waals surface area contributed by atoms with E-state index in [-0.39, 0.29) is 12.4 Å². The summed E-state index contributed by atoms with van der Waals surface area (Å²) in [6, 6.07) is 7.70. The Morgan fingerprint density at radius 1 is 1.33 bits per heavy atom. The van der Waals surface area contributed by atoms with Gasteiger partial charge in [0.1, 0.15) is 0 Å². The molecule has 0 amide bonds. The third-order valence-corrected chi connectivity index (χ3v) is 1.96. The molecule has 0 heterocycles. The summed E-state index contributed by atoms with van der Waals surface area (Å²) in [5.41, 5.74) is 2.02. The Balaban J connectivity index is 2.57. The minimum atomic E-state index is -0.121. The summed E-state index contributed by atoms with van der Waals surface area (Å²) in [5.74, 6) is 5.23. The zero-order valence-electron chi connectivity index (χ0n) is 8.79. The SMILES string of the molecule is Cc1ccc(C#CC(=O)CCCO)cc1. The normalized spacial score (nSPS) is 9.20. The van der Waals surface area contributed by atoms with Crippen molar-refractivity contribution in [2.45, 2.75) is 19.8 Å². The molecule has 0 aliphatic rings. The van der Waals surface area contributed by atoms with Crippen molar-refractivity contribution >= 4 is 5.78 Å². The highest BCUT2D eigenvalue weighted by molar-refractivity contribution is 5.95. The summed E-state index contributed by atoms with van der Waals surface area (Å²) in [6.07, 6.45) is 0.816. The van der Waals surface area contributed by atoms with Crippen LogP contribution in [0.15, 0.2) is 24.3 Å². The topological polar surface area (TPSA) is 37.3 Å². The maximum atomic E-state index is 11.2. The monoisotopic (exact) mass is 202 g/mol. The number of benzene rings is 1. The van der Waals surface area contributed by atoms with Crippen molar-refractivity contribution in [2.75, 3.05) is 6.61 Å². The smallest absolute Gasteiger partial charge is 0.205 e. The second-order valence-corrected chi connectivity index (χ2v) is 3.37. The second-order valence-electron chi connectivity index (χ2n) is 3.37. The van der Waals surface area contributed by atoms with Gasteiger partial charge in [-0.1, -0.05) is 23.6 Å². The predicted octanol–water partition coefficient (Wildman–Crippen LogP) is 1.69. The minimum Gasteiger partial charge on any atom is -0.396 e. The number of ketones is 1. The quantitative estimate of drug-likeness (QED) is 0.757. The third-order valence-electron chi connectivity index (χ3n) is 1.96. The van der Waals surface area contributed by atoms with Gasteiger partial charge in [0.2, 0.25) is 5.78 Å². The van der Waals surface area contributed by atoms with Crippen molar-refractivity contribution in [3.8, 4) is 11.8 Å². The van der Waals surface area contributed by atoms with Crippen molar-refractivity contribution < 1.29 is 9.90 Å². The zero-order valence-corrected chi connectivity index (χ0v) is 8.79. The van der Waals surface area contributed by atoms with E-state index in [1.165, 1.54) is 5.56 Å². The number of carbonyl (C=O) groups is 1. The van der Waals surface area contributed by atoms with Gasteiger partial charge in [-0.3, -0.25) is 4.79 Å². The van der Waals surface area contributed by atoms with Gasteiger partial charge in [0.05, 0.1) is 0 Å². The number of hydrogen-bond donors (Lipinski definition) is 1. The minimum absolute atomic E-state index is 0.0396. The highest BCUT2D eigenvalue weighted by Crippen LogP contribution is 2.01. The van der Waals surface area contributed by atoms with Crippen molar-refractivity contribution in [3.05, 3.63) is 35.4 Å². The van der Waals surface area contributed by atoms with Crippen molar-refractivity contribution in [3.63, 3.8) is 0 Å². The van der Waals surface area contributed by atoms with Gasteiger partial charge in [-0.15, -0.1) is 0 Å². The fourth-order valence-electron chi connectivity index (χ4n) is 1.08. The molecule has 0 radical (unpaired) electrons. The molecule has 15 heavy (non-hydrogen) atoms. The lowest BCUT2D eigenvalue weighted by atomic mass is 10.1. The van der Waals surface area contributed by atoms with E-state index in [0.29, 0.717) is 12.8 Å². The first-order valence-electron chi connectivity index (χ1n) is 4.95. The van der Waals surface area contributed by atoms with Crippen LogP contribution in [0.25, 0.3) is 0 Å². The Morgan fingerprint density at radius 3 is 2.60 bits per heavy atom. The van der Waals surface area contributed by atoms with E-state index in [1.807, 2.05) is 31.2 Å². The molecule has 1 aromatic rings. The zero-order chi connectivity index (χ0) is 11.1. The highest BCUT2D eigenvalue weighted by atomic mass is 16.3. The summed E-state index contributed by atoms with van der Waals surface area (Å²) in [6.45, 7) is 2.04. The van der Waals surface area contributed by atoms with Crippen LogP contribution in [0.5, 0.6) is 0 Å². The fraction of sp³-hybridized carbons (Fsp3) is 0.308. The van der Waals surface area contributed by atoms with Crippen LogP contribution in [0.4, 0.5) is 0 Å². The van der Waals surface area contributed by atoms with E-state index in [9.17, 15) is 4.79 Å². The van der Waals surface area contributed by atoms with Crippen molar-refractivity contribution in [1.82, 2.24) is 0 Å². The number of rotatable bonds is 3. The Kier molecular flexibility index (Phi) is 4.59. The number of aliphatic hydroxyl groups excluding tert-OH is 1. The van der Waals surface area contributed by atoms with Gasteiger partial charge in [-0.25, -0.2) is 0 Å².